The first-order chi connectivity index (χ1) is 12.7. The summed E-state index contributed by atoms with van der Waals surface area (Å²) in [7, 11) is 0. The van der Waals surface area contributed by atoms with Crippen LogP contribution < -0.4 is 15.4 Å². The summed E-state index contributed by atoms with van der Waals surface area (Å²) in [6, 6.07) is 6.18. The van der Waals surface area contributed by atoms with Gasteiger partial charge in [0.15, 0.2) is 5.13 Å². The van der Waals surface area contributed by atoms with Crippen LogP contribution in [0.1, 0.15) is 31.7 Å². The highest BCUT2D eigenvalue weighted by atomic mass is 32.1. The maximum absolute atomic E-state index is 12.4. The first-order valence-electron chi connectivity index (χ1n) is 9.41. The van der Waals surface area contributed by atoms with E-state index in [2.05, 4.69) is 28.6 Å². The Morgan fingerprint density at radius 3 is 3.27 bits per heavy atom. The van der Waals surface area contributed by atoms with Crippen molar-refractivity contribution >= 4 is 22.4 Å². The van der Waals surface area contributed by atoms with Crippen LogP contribution in [-0.4, -0.2) is 30.6 Å². The molecule has 2 unspecified atom stereocenters. The van der Waals surface area contributed by atoms with Crippen molar-refractivity contribution in [3.8, 4) is 17.0 Å². The average molecular weight is 372 g/mol. The van der Waals surface area contributed by atoms with Crippen molar-refractivity contribution < 1.29 is 9.53 Å². The van der Waals surface area contributed by atoms with Gasteiger partial charge in [0.1, 0.15) is 5.75 Å². The summed E-state index contributed by atoms with van der Waals surface area (Å²) in [4.78, 5) is 17.0. The first kappa shape index (κ1) is 17.5. The van der Waals surface area contributed by atoms with Gasteiger partial charge in [-0.25, -0.2) is 4.98 Å². The Morgan fingerprint density at radius 2 is 2.42 bits per heavy atom. The van der Waals surface area contributed by atoms with Gasteiger partial charge >= 0.3 is 0 Å². The summed E-state index contributed by atoms with van der Waals surface area (Å²) in [5.74, 6) is 2.02. The standard InChI is InChI=1S/C20H25N3O2S/c1-13(16-3-2-7-21-11-16)9-19(24)23-20-22-17(12-26-20)14-4-5-18-15(10-14)6-8-25-18/h4-5,10,12-13,16,21H,2-3,6-9,11H2,1H3,(H,22,23,24). The Hall–Kier alpha value is -1.92. The number of carbonyl (C=O) groups is 1. The van der Waals surface area contributed by atoms with E-state index < -0.39 is 0 Å². The molecular weight excluding hydrogens is 346 g/mol. The van der Waals surface area contributed by atoms with Crippen molar-refractivity contribution in [2.45, 2.75) is 32.6 Å². The lowest BCUT2D eigenvalue weighted by Gasteiger charge is -2.27. The van der Waals surface area contributed by atoms with Crippen molar-refractivity contribution in [3.63, 3.8) is 0 Å². The molecule has 26 heavy (non-hydrogen) atoms. The van der Waals surface area contributed by atoms with Gasteiger partial charge in [-0.05, 0) is 61.5 Å². The molecule has 2 aliphatic heterocycles. The minimum absolute atomic E-state index is 0.0614. The van der Waals surface area contributed by atoms with Crippen LogP contribution in [0.4, 0.5) is 5.13 Å². The predicted octanol–water partition coefficient (Wildman–Crippen LogP) is 3.71. The molecule has 2 atom stereocenters. The van der Waals surface area contributed by atoms with Crippen LogP contribution in [-0.2, 0) is 11.2 Å². The zero-order valence-corrected chi connectivity index (χ0v) is 15.9. The monoisotopic (exact) mass is 371 g/mol. The fourth-order valence-electron chi connectivity index (χ4n) is 3.80. The molecule has 0 aliphatic carbocycles. The van der Waals surface area contributed by atoms with E-state index in [9.17, 15) is 4.79 Å². The van der Waals surface area contributed by atoms with Crippen LogP contribution in [0.5, 0.6) is 5.75 Å². The van der Waals surface area contributed by atoms with Crippen molar-refractivity contribution in [2.75, 3.05) is 25.0 Å². The molecule has 1 amide bonds. The van der Waals surface area contributed by atoms with Gasteiger partial charge in [0.25, 0.3) is 0 Å². The molecule has 6 heteroatoms. The molecule has 1 fully saturated rings. The number of hydrogen-bond donors (Lipinski definition) is 2. The van der Waals surface area contributed by atoms with Gasteiger partial charge in [-0.1, -0.05) is 6.92 Å². The van der Waals surface area contributed by atoms with Crippen LogP contribution in [0, 0.1) is 11.8 Å². The molecule has 0 saturated carbocycles. The molecule has 138 valence electrons. The summed E-state index contributed by atoms with van der Waals surface area (Å²) in [5.41, 5.74) is 3.22. The van der Waals surface area contributed by atoms with Crippen molar-refractivity contribution in [1.82, 2.24) is 10.3 Å². The molecule has 4 rings (SSSR count). The lowest BCUT2D eigenvalue weighted by atomic mass is 9.85. The Bertz CT molecular complexity index is 783. The minimum atomic E-state index is 0.0614. The van der Waals surface area contributed by atoms with E-state index in [1.165, 1.54) is 29.7 Å². The molecule has 5 nitrogen and oxygen atoms in total. The van der Waals surface area contributed by atoms with Crippen molar-refractivity contribution in [2.24, 2.45) is 11.8 Å². The van der Waals surface area contributed by atoms with Gasteiger partial charge in [0.2, 0.25) is 5.91 Å². The second-order valence-electron chi connectivity index (χ2n) is 7.29. The van der Waals surface area contributed by atoms with E-state index in [1.54, 1.807) is 0 Å². The average Bonchev–Trinajstić information content (AvgIpc) is 3.30. The third-order valence-corrected chi connectivity index (χ3v) is 6.14. The molecule has 2 N–H and O–H groups in total. The highest BCUT2D eigenvalue weighted by molar-refractivity contribution is 7.14. The van der Waals surface area contributed by atoms with Crippen LogP contribution >= 0.6 is 11.3 Å². The molecule has 1 aromatic carbocycles. The van der Waals surface area contributed by atoms with Crippen LogP contribution in [0.25, 0.3) is 11.3 Å². The van der Waals surface area contributed by atoms with Crippen LogP contribution in [0.2, 0.25) is 0 Å². The van der Waals surface area contributed by atoms with Gasteiger partial charge in [-0.2, -0.15) is 0 Å². The fourth-order valence-corrected chi connectivity index (χ4v) is 4.54. The SMILES string of the molecule is CC(CC(=O)Nc1nc(-c2ccc3c(c2)CCO3)cs1)C1CCCNC1. The number of benzene rings is 1. The summed E-state index contributed by atoms with van der Waals surface area (Å²) in [6.45, 7) is 5.06. The Balaban J connectivity index is 1.36. The first-order valence-corrected chi connectivity index (χ1v) is 10.3. The number of aromatic nitrogens is 1. The minimum Gasteiger partial charge on any atom is -0.493 e. The lowest BCUT2D eigenvalue weighted by Crippen LogP contribution is -2.34. The van der Waals surface area contributed by atoms with E-state index >= 15 is 0 Å². The quantitative estimate of drug-likeness (QED) is 0.841. The maximum atomic E-state index is 12.4. The number of hydrogen-bond acceptors (Lipinski definition) is 5. The molecule has 1 aromatic heterocycles. The third-order valence-electron chi connectivity index (χ3n) is 5.38. The molecule has 0 radical (unpaired) electrons. The van der Waals surface area contributed by atoms with E-state index in [-0.39, 0.29) is 5.91 Å². The zero-order valence-electron chi connectivity index (χ0n) is 15.1. The van der Waals surface area contributed by atoms with Gasteiger partial charge in [-0.15, -0.1) is 11.3 Å². The molecular formula is C20H25N3O2S. The Labute approximate surface area is 158 Å². The normalized spacial score (nSPS) is 20.3. The van der Waals surface area contributed by atoms with E-state index in [1.807, 2.05) is 17.5 Å². The van der Waals surface area contributed by atoms with Gasteiger partial charge in [-0.3, -0.25) is 4.79 Å². The number of piperidine rings is 1. The van der Waals surface area contributed by atoms with Crippen molar-refractivity contribution in [3.05, 3.63) is 29.1 Å². The number of nitrogens with zero attached hydrogens (tertiary/aromatic N) is 1. The molecule has 0 spiro atoms. The molecule has 0 bridgehead atoms. The summed E-state index contributed by atoms with van der Waals surface area (Å²) in [5, 5.41) is 9.08. The number of ether oxygens (including phenoxy) is 1. The number of amides is 1. The zero-order chi connectivity index (χ0) is 17.9. The lowest BCUT2D eigenvalue weighted by molar-refractivity contribution is -0.117. The van der Waals surface area contributed by atoms with Crippen LogP contribution in [0.15, 0.2) is 23.6 Å². The number of rotatable bonds is 5. The van der Waals surface area contributed by atoms with Gasteiger partial charge in [0.05, 0.1) is 12.3 Å². The molecule has 1 saturated heterocycles. The summed E-state index contributed by atoms with van der Waals surface area (Å²) < 4.78 is 5.55. The molecule has 3 heterocycles. The molecule has 2 aromatic rings. The maximum Gasteiger partial charge on any atom is 0.226 e. The van der Waals surface area contributed by atoms with Crippen LogP contribution in [0.3, 0.4) is 0 Å². The van der Waals surface area contributed by atoms with E-state index in [0.29, 0.717) is 23.4 Å². The molecule has 2 aliphatic rings. The summed E-state index contributed by atoms with van der Waals surface area (Å²) in [6.07, 6.45) is 3.92. The predicted molar refractivity (Wildman–Crippen MR) is 105 cm³/mol. The smallest absolute Gasteiger partial charge is 0.226 e. The number of anilines is 1. The Kier molecular flexibility index (Phi) is 5.22. The van der Waals surface area contributed by atoms with Gasteiger partial charge < -0.3 is 15.4 Å². The number of fused-ring (bicyclic) bond motifs is 1. The Morgan fingerprint density at radius 1 is 1.50 bits per heavy atom. The fraction of sp³-hybridized carbons (Fsp3) is 0.500. The van der Waals surface area contributed by atoms with E-state index in [4.69, 9.17) is 4.74 Å². The highest BCUT2D eigenvalue weighted by Gasteiger charge is 2.22. The largest absolute Gasteiger partial charge is 0.493 e. The second kappa shape index (κ2) is 7.76. The van der Waals surface area contributed by atoms with Crippen molar-refractivity contribution in [1.29, 1.82) is 0 Å². The van der Waals surface area contributed by atoms with Gasteiger partial charge in [0, 0.05) is 23.8 Å². The number of thiazole rings is 1. The highest BCUT2D eigenvalue weighted by Crippen LogP contribution is 2.32. The number of carbonyl (C=O) groups excluding carboxylic acids is 1. The van der Waals surface area contributed by atoms with E-state index in [0.717, 1.165) is 43.1 Å². The summed E-state index contributed by atoms with van der Waals surface area (Å²) >= 11 is 1.48. The third kappa shape index (κ3) is 3.91. The topological polar surface area (TPSA) is 63.2 Å². The number of nitrogens with one attached hydrogen (secondary N) is 2. The second-order valence-corrected chi connectivity index (χ2v) is 8.15.